The van der Waals surface area contributed by atoms with Crippen molar-refractivity contribution in [2.45, 2.75) is 13.0 Å². The summed E-state index contributed by atoms with van der Waals surface area (Å²) in [5.74, 6) is -0.274. The molecule has 5 nitrogen and oxygen atoms in total. The molecule has 29 heavy (non-hydrogen) atoms. The predicted octanol–water partition coefficient (Wildman–Crippen LogP) is 4.40. The van der Waals surface area contributed by atoms with Gasteiger partial charge in [0.1, 0.15) is 5.82 Å². The molecule has 0 bridgehead atoms. The predicted molar refractivity (Wildman–Crippen MR) is 113 cm³/mol. The molecule has 4 rings (SSSR count). The quantitative estimate of drug-likeness (QED) is 0.460. The molecular formula is C22H21ClFN5. The van der Waals surface area contributed by atoms with Crippen LogP contribution in [0.5, 0.6) is 0 Å². The maximum Gasteiger partial charge on any atom is 0.123 e. The van der Waals surface area contributed by atoms with Gasteiger partial charge in [-0.3, -0.25) is 4.68 Å². The van der Waals surface area contributed by atoms with E-state index in [-0.39, 0.29) is 5.82 Å². The maximum absolute atomic E-state index is 13.3. The Morgan fingerprint density at radius 3 is 2.59 bits per heavy atom. The van der Waals surface area contributed by atoms with Crippen molar-refractivity contribution in [3.05, 3.63) is 89.1 Å². The number of aryl methyl sites for hydroxylation is 1. The van der Waals surface area contributed by atoms with Gasteiger partial charge in [0.2, 0.25) is 0 Å². The number of hydrogen-bond acceptors (Lipinski definition) is 3. The Balaban J connectivity index is 1.57. The molecule has 0 spiro atoms. The highest BCUT2D eigenvalue weighted by molar-refractivity contribution is 6.33. The number of aromatic nitrogens is 4. The Morgan fingerprint density at radius 1 is 1.07 bits per heavy atom. The van der Waals surface area contributed by atoms with Gasteiger partial charge in [-0.15, -0.1) is 0 Å². The molecule has 2 heterocycles. The minimum atomic E-state index is -0.274. The summed E-state index contributed by atoms with van der Waals surface area (Å²) in [6.07, 6.45) is 6.75. The molecule has 0 saturated heterocycles. The summed E-state index contributed by atoms with van der Waals surface area (Å²) in [4.78, 5) is 0. The van der Waals surface area contributed by atoms with E-state index in [0.29, 0.717) is 11.6 Å². The van der Waals surface area contributed by atoms with E-state index in [1.54, 1.807) is 21.5 Å². The van der Waals surface area contributed by atoms with Gasteiger partial charge >= 0.3 is 0 Å². The van der Waals surface area contributed by atoms with Crippen molar-refractivity contribution in [2.24, 2.45) is 7.05 Å². The maximum atomic E-state index is 13.3. The molecule has 148 valence electrons. The first kappa shape index (κ1) is 19.4. The number of nitrogens with zero attached hydrogens (tertiary/aromatic N) is 4. The molecule has 0 unspecified atom stereocenters. The van der Waals surface area contributed by atoms with Crippen LogP contribution in [0.2, 0.25) is 5.02 Å². The Hall–Kier alpha value is -2.96. The highest BCUT2D eigenvalue weighted by Gasteiger charge is 2.14. The van der Waals surface area contributed by atoms with Crippen LogP contribution in [0.4, 0.5) is 4.39 Å². The van der Waals surface area contributed by atoms with Crippen LogP contribution in [0.15, 0.2) is 67.1 Å². The van der Waals surface area contributed by atoms with Crippen LogP contribution in [0.1, 0.15) is 11.1 Å². The second-order valence-electron chi connectivity index (χ2n) is 6.85. The van der Waals surface area contributed by atoms with Gasteiger partial charge in [0.15, 0.2) is 0 Å². The number of rotatable bonds is 7. The van der Waals surface area contributed by atoms with Gasteiger partial charge in [0.05, 0.1) is 22.6 Å². The SMILES string of the molecule is Cn1cc(CCNCc2cn(-c3ccc(F)cc3)nc2-c2ccccc2Cl)cn1. The first-order valence-corrected chi connectivity index (χ1v) is 9.75. The zero-order valence-corrected chi connectivity index (χ0v) is 16.8. The highest BCUT2D eigenvalue weighted by Crippen LogP contribution is 2.30. The third-order valence-electron chi connectivity index (χ3n) is 4.67. The molecule has 4 aromatic rings. The largest absolute Gasteiger partial charge is 0.312 e. The van der Waals surface area contributed by atoms with Crippen molar-refractivity contribution in [1.82, 2.24) is 24.9 Å². The summed E-state index contributed by atoms with van der Waals surface area (Å²) >= 11 is 6.42. The number of nitrogens with one attached hydrogen (secondary N) is 1. The third-order valence-corrected chi connectivity index (χ3v) is 5.00. The van der Waals surface area contributed by atoms with E-state index in [1.165, 1.54) is 17.7 Å². The molecular weight excluding hydrogens is 389 g/mol. The molecule has 0 fully saturated rings. The second kappa shape index (κ2) is 8.59. The van der Waals surface area contributed by atoms with Gasteiger partial charge in [-0.05, 0) is 48.9 Å². The Labute approximate surface area is 173 Å². The van der Waals surface area contributed by atoms with E-state index < -0.39 is 0 Å². The fraction of sp³-hybridized carbons (Fsp3) is 0.182. The topological polar surface area (TPSA) is 47.7 Å². The lowest BCUT2D eigenvalue weighted by molar-refractivity contribution is 0.627. The van der Waals surface area contributed by atoms with E-state index in [0.717, 1.165) is 35.5 Å². The highest BCUT2D eigenvalue weighted by atomic mass is 35.5. The van der Waals surface area contributed by atoms with Crippen molar-refractivity contribution in [3.63, 3.8) is 0 Å². The fourth-order valence-electron chi connectivity index (χ4n) is 3.20. The van der Waals surface area contributed by atoms with Crippen molar-refractivity contribution >= 4 is 11.6 Å². The fourth-order valence-corrected chi connectivity index (χ4v) is 3.43. The Kier molecular flexibility index (Phi) is 5.74. The van der Waals surface area contributed by atoms with Gasteiger partial charge in [-0.1, -0.05) is 29.8 Å². The van der Waals surface area contributed by atoms with Gasteiger partial charge in [0, 0.05) is 37.1 Å². The lowest BCUT2D eigenvalue weighted by Crippen LogP contribution is -2.16. The Morgan fingerprint density at radius 2 is 1.86 bits per heavy atom. The summed E-state index contributed by atoms with van der Waals surface area (Å²) in [5, 5.41) is 13.0. The molecule has 2 aromatic heterocycles. The zero-order chi connectivity index (χ0) is 20.2. The van der Waals surface area contributed by atoms with E-state index in [1.807, 2.05) is 49.9 Å². The summed E-state index contributed by atoms with van der Waals surface area (Å²) < 4.78 is 16.9. The van der Waals surface area contributed by atoms with Crippen LogP contribution in [-0.4, -0.2) is 26.1 Å². The molecule has 0 atom stereocenters. The molecule has 1 N–H and O–H groups in total. The van der Waals surface area contributed by atoms with E-state index >= 15 is 0 Å². The van der Waals surface area contributed by atoms with Gasteiger partial charge in [-0.2, -0.15) is 10.2 Å². The molecule has 0 radical (unpaired) electrons. The second-order valence-corrected chi connectivity index (χ2v) is 7.26. The Bertz CT molecular complexity index is 1100. The molecule has 0 aliphatic heterocycles. The summed E-state index contributed by atoms with van der Waals surface area (Å²) in [6, 6.07) is 13.9. The van der Waals surface area contributed by atoms with Crippen molar-refractivity contribution < 1.29 is 4.39 Å². The van der Waals surface area contributed by atoms with Gasteiger partial charge in [-0.25, -0.2) is 9.07 Å². The summed E-state index contributed by atoms with van der Waals surface area (Å²) in [5.41, 5.74) is 4.69. The van der Waals surface area contributed by atoms with Crippen LogP contribution >= 0.6 is 11.6 Å². The monoisotopic (exact) mass is 409 g/mol. The standard InChI is InChI=1S/C22H21ClFN5/c1-28-14-16(12-26-28)10-11-25-13-17-15-29(19-8-6-18(24)7-9-19)27-22(17)20-4-2-3-5-21(20)23/h2-9,12,14-15,25H,10-11,13H2,1H3. The summed E-state index contributed by atoms with van der Waals surface area (Å²) in [7, 11) is 1.91. The third kappa shape index (κ3) is 4.55. The van der Waals surface area contributed by atoms with Crippen molar-refractivity contribution in [2.75, 3.05) is 6.54 Å². The molecule has 0 aliphatic rings. The lowest BCUT2D eigenvalue weighted by Gasteiger charge is -2.06. The first-order chi connectivity index (χ1) is 14.1. The molecule has 0 amide bonds. The molecule has 2 aromatic carbocycles. The lowest BCUT2D eigenvalue weighted by atomic mass is 10.1. The van der Waals surface area contributed by atoms with E-state index in [4.69, 9.17) is 16.7 Å². The molecule has 0 aliphatic carbocycles. The zero-order valence-electron chi connectivity index (χ0n) is 16.0. The van der Waals surface area contributed by atoms with Crippen LogP contribution in [0, 0.1) is 5.82 Å². The first-order valence-electron chi connectivity index (χ1n) is 9.38. The average molecular weight is 410 g/mol. The van der Waals surface area contributed by atoms with Gasteiger partial charge in [0.25, 0.3) is 0 Å². The molecule has 0 saturated carbocycles. The van der Waals surface area contributed by atoms with Crippen LogP contribution in [0.3, 0.4) is 0 Å². The summed E-state index contributed by atoms with van der Waals surface area (Å²) in [6.45, 7) is 1.46. The minimum Gasteiger partial charge on any atom is -0.312 e. The van der Waals surface area contributed by atoms with Gasteiger partial charge < -0.3 is 5.32 Å². The van der Waals surface area contributed by atoms with Crippen molar-refractivity contribution in [3.8, 4) is 16.9 Å². The average Bonchev–Trinajstić information content (AvgIpc) is 3.32. The normalized spacial score (nSPS) is 11.1. The van der Waals surface area contributed by atoms with Crippen molar-refractivity contribution in [1.29, 1.82) is 0 Å². The van der Waals surface area contributed by atoms with E-state index in [9.17, 15) is 4.39 Å². The number of benzene rings is 2. The number of halogens is 2. The van der Waals surface area contributed by atoms with Crippen LogP contribution < -0.4 is 5.32 Å². The van der Waals surface area contributed by atoms with Crippen LogP contribution in [0.25, 0.3) is 16.9 Å². The van der Waals surface area contributed by atoms with Crippen LogP contribution in [-0.2, 0) is 20.0 Å². The minimum absolute atomic E-state index is 0.274. The number of hydrogen-bond donors (Lipinski definition) is 1. The molecule has 7 heteroatoms. The van der Waals surface area contributed by atoms with E-state index in [2.05, 4.69) is 10.4 Å². The smallest absolute Gasteiger partial charge is 0.123 e.